The molecule has 1 aromatic heterocycles. The Balaban J connectivity index is 1.84. The van der Waals surface area contributed by atoms with Crippen LogP contribution in [0.25, 0.3) is 10.2 Å². The highest BCUT2D eigenvalue weighted by Gasteiger charge is 2.11. The number of anilines is 1. The zero-order valence-electron chi connectivity index (χ0n) is 11.4. The quantitative estimate of drug-likeness (QED) is 0.697. The Morgan fingerprint density at radius 3 is 2.75 bits per heavy atom. The Morgan fingerprint density at radius 1 is 1.20 bits per heavy atom. The van der Waals surface area contributed by atoms with Crippen molar-refractivity contribution >= 4 is 38.8 Å². The van der Waals surface area contributed by atoms with Crippen LogP contribution in [0.4, 0.5) is 5.69 Å². The second kappa shape index (κ2) is 5.43. The molecule has 1 heterocycles. The SMILES string of the molecule is Cc1ccc(NC(C)c2nc3ccccc3s2)cc1Cl. The first-order valence-corrected chi connectivity index (χ1v) is 7.71. The third-order valence-corrected chi connectivity index (χ3v) is 4.86. The van der Waals surface area contributed by atoms with Crippen molar-refractivity contribution in [2.45, 2.75) is 19.9 Å². The summed E-state index contributed by atoms with van der Waals surface area (Å²) in [5.74, 6) is 0. The zero-order chi connectivity index (χ0) is 14.1. The first-order chi connectivity index (χ1) is 9.63. The highest BCUT2D eigenvalue weighted by Crippen LogP contribution is 2.29. The van der Waals surface area contributed by atoms with Gasteiger partial charge in [0.05, 0.1) is 16.3 Å². The van der Waals surface area contributed by atoms with E-state index >= 15 is 0 Å². The highest BCUT2D eigenvalue weighted by atomic mass is 35.5. The second-order valence-electron chi connectivity index (χ2n) is 4.85. The molecule has 102 valence electrons. The van der Waals surface area contributed by atoms with Crippen molar-refractivity contribution in [3.63, 3.8) is 0 Å². The van der Waals surface area contributed by atoms with Gasteiger partial charge in [-0.3, -0.25) is 0 Å². The minimum absolute atomic E-state index is 0.158. The number of hydrogen-bond donors (Lipinski definition) is 1. The molecule has 0 saturated heterocycles. The van der Waals surface area contributed by atoms with Gasteiger partial charge in [0.25, 0.3) is 0 Å². The molecule has 0 amide bonds. The lowest BCUT2D eigenvalue weighted by Gasteiger charge is -2.13. The van der Waals surface area contributed by atoms with Gasteiger partial charge in [-0.15, -0.1) is 11.3 Å². The van der Waals surface area contributed by atoms with Crippen LogP contribution >= 0.6 is 22.9 Å². The molecule has 0 bridgehead atoms. The maximum Gasteiger partial charge on any atom is 0.116 e. The van der Waals surface area contributed by atoms with Crippen molar-refractivity contribution < 1.29 is 0 Å². The second-order valence-corrected chi connectivity index (χ2v) is 6.32. The summed E-state index contributed by atoms with van der Waals surface area (Å²) in [6, 6.07) is 14.4. The van der Waals surface area contributed by atoms with Crippen LogP contribution < -0.4 is 5.32 Å². The average molecular weight is 303 g/mol. The molecule has 0 aliphatic carbocycles. The number of fused-ring (bicyclic) bond motifs is 1. The van der Waals surface area contributed by atoms with Crippen molar-refractivity contribution in [2.24, 2.45) is 0 Å². The number of hydrogen-bond acceptors (Lipinski definition) is 3. The van der Waals surface area contributed by atoms with E-state index in [9.17, 15) is 0 Å². The number of aryl methyl sites for hydroxylation is 1. The average Bonchev–Trinajstić information content (AvgIpc) is 2.87. The van der Waals surface area contributed by atoms with E-state index in [1.165, 1.54) is 4.70 Å². The van der Waals surface area contributed by atoms with Crippen molar-refractivity contribution in [1.82, 2.24) is 4.98 Å². The van der Waals surface area contributed by atoms with Crippen molar-refractivity contribution in [3.05, 3.63) is 58.1 Å². The Bertz CT molecular complexity index is 718. The predicted octanol–water partition coefficient (Wildman–Crippen LogP) is 5.43. The summed E-state index contributed by atoms with van der Waals surface area (Å²) in [7, 11) is 0. The van der Waals surface area contributed by atoms with E-state index in [4.69, 9.17) is 11.6 Å². The molecule has 0 saturated carbocycles. The van der Waals surface area contributed by atoms with Crippen LogP contribution in [0.1, 0.15) is 23.5 Å². The number of benzene rings is 2. The van der Waals surface area contributed by atoms with Gasteiger partial charge < -0.3 is 5.32 Å². The van der Waals surface area contributed by atoms with E-state index in [1.54, 1.807) is 11.3 Å². The molecule has 2 nitrogen and oxygen atoms in total. The van der Waals surface area contributed by atoms with E-state index in [-0.39, 0.29) is 6.04 Å². The fraction of sp³-hybridized carbons (Fsp3) is 0.188. The lowest BCUT2D eigenvalue weighted by atomic mass is 10.2. The van der Waals surface area contributed by atoms with Crippen molar-refractivity contribution in [2.75, 3.05) is 5.32 Å². The van der Waals surface area contributed by atoms with E-state index in [1.807, 2.05) is 43.3 Å². The standard InChI is InChI=1S/C16H15ClN2S/c1-10-7-8-12(9-13(10)17)18-11(2)16-19-14-5-3-4-6-15(14)20-16/h3-9,11,18H,1-2H3. The Hall–Kier alpha value is -1.58. The molecule has 4 heteroatoms. The normalized spacial score (nSPS) is 12.6. The summed E-state index contributed by atoms with van der Waals surface area (Å²) < 4.78 is 1.22. The number of rotatable bonds is 3. The molecule has 1 unspecified atom stereocenters. The predicted molar refractivity (Wildman–Crippen MR) is 87.8 cm³/mol. The number of nitrogens with one attached hydrogen (secondary N) is 1. The summed E-state index contributed by atoms with van der Waals surface area (Å²) >= 11 is 7.88. The molecule has 1 atom stereocenters. The molecule has 3 aromatic rings. The van der Waals surface area contributed by atoms with Gasteiger partial charge in [-0.05, 0) is 43.7 Å². The number of aromatic nitrogens is 1. The zero-order valence-corrected chi connectivity index (χ0v) is 12.9. The van der Waals surface area contributed by atoms with Gasteiger partial charge in [0.1, 0.15) is 5.01 Å². The van der Waals surface area contributed by atoms with Gasteiger partial charge in [0, 0.05) is 10.7 Å². The highest BCUT2D eigenvalue weighted by molar-refractivity contribution is 7.18. The van der Waals surface area contributed by atoms with Crippen LogP contribution in [0.5, 0.6) is 0 Å². The van der Waals surface area contributed by atoms with Crippen LogP contribution in [0, 0.1) is 6.92 Å². The van der Waals surface area contributed by atoms with Gasteiger partial charge in [0.2, 0.25) is 0 Å². The lowest BCUT2D eigenvalue weighted by Crippen LogP contribution is -2.06. The minimum atomic E-state index is 0.158. The van der Waals surface area contributed by atoms with Gasteiger partial charge in [-0.1, -0.05) is 29.8 Å². The van der Waals surface area contributed by atoms with E-state index < -0.39 is 0 Å². The molecule has 0 fully saturated rings. The monoisotopic (exact) mass is 302 g/mol. The maximum atomic E-state index is 6.15. The van der Waals surface area contributed by atoms with Crippen molar-refractivity contribution in [1.29, 1.82) is 0 Å². The summed E-state index contributed by atoms with van der Waals surface area (Å²) in [4.78, 5) is 4.67. The van der Waals surface area contributed by atoms with E-state index in [0.717, 1.165) is 26.8 Å². The molecular formula is C16H15ClN2S. The molecule has 0 aliphatic rings. The number of nitrogens with zero attached hydrogens (tertiary/aromatic N) is 1. The Kier molecular flexibility index (Phi) is 3.64. The fourth-order valence-corrected chi connectivity index (χ4v) is 3.22. The molecule has 0 spiro atoms. The first kappa shape index (κ1) is 13.4. The van der Waals surface area contributed by atoms with E-state index in [2.05, 4.69) is 23.3 Å². The van der Waals surface area contributed by atoms with Gasteiger partial charge in [0.15, 0.2) is 0 Å². The fourth-order valence-electron chi connectivity index (χ4n) is 2.07. The van der Waals surface area contributed by atoms with Gasteiger partial charge >= 0.3 is 0 Å². The smallest absolute Gasteiger partial charge is 0.116 e. The third kappa shape index (κ3) is 2.65. The van der Waals surface area contributed by atoms with Crippen LogP contribution in [0.15, 0.2) is 42.5 Å². The topological polar surface area (TPSA) is 24.9 Å². The molecule has 2 aromatic carbocycles. The molecule has 0 aliphatic heterocycles. The van der Waals surface area contributed by atoms with Crippen LogP contribution in [-0.4, -0.2) is 4.98 Å². The number of halogens is 1. The maximum absolute atomic E-state index is 6.15. The third-order valence-electron chi connectivity index (χ3n) is 3.24. The molecule has 20 heavy (non-hydrogen) atoms. The minimum Gasteiger partial charge on any atom is -0.376 e. The Morgan fingerprint density at radius 2 is 2.00 bits per heavy atom. The Labute approximate surface area is 127 Å². The molecule has 3 rings (SSSR count). The first-order valence-electron chi connectivity index (χ1n) is 6.51. The van der Waals surface area contributed by atoms with Gasteiger partial charge in [-0.25, -0.2) is 4.98 Å². The summed E-state index contributed by atoms with van der Waals surface area (Å²) in [6.07, 6.45) is 0. The number of para-hydroxylation sites is 1. The summed E-state index contributed by atoms with van der Waals surface area (Å²) in [5, 5.41) is 5.32. The summed E-state index contributed by atoms with van der Waals surface area (Å²) in [5.41, 5.74) is 3.17. The molecule has 1 N–H and O–H groups in total. The van der Waals surface area contributed by atoms with Crippen molar-refractivity contribution in [3.8, 4) is 0 Å². The van der Waals surface area contributed by atoms with Crippen LogP contribution in [0.2, 0.25) is 5.02 Å². The largest absolute Gasteiger partial charge is 0.376 e. The molecule has 0 radical (unpaired) electrons. The molecular weight excluding hydrogens is 288 g/mol. The van der Waals surface area contributed by atoms with Crippen LogP contribution in [0.3, 0.4) is 0 Å². The number of thiazole rings is 1. The van der Waals surface area contributed by atoms with Gasteiger partial charge in [-0.2, -0.15) is 0 Å². The summed E-state index contributed by atoms with van der Waals surface area (Å²) in [6.45, 7) is 4.12. The lowest BCUT2D eigenvalue weighted by molar-refractivity contribution is 0.874. The van der Waals surface area contributed by atoms with Crippen LogP contribution in [-0.2, 0) is 0 Å². The van der Waals surface area contributed by atoms with E-state index in [0.29, 0.717) is 0 Å².